The second-order valence-electron chi connectivity index (χ2n) is 8.37. The van der Waals surface area contributed by atoms with E-state index in [0.717, 1.165) is 51.4 Å². The zero-order valence-corrected chi connectivity index (χ0v) is 15.6. The number of rotatable bonds is 3. The maximum atomic E-state index is 13.1. The van der Waals surface area contributed by atoms with E-state index in [1.807, 2.05) is 12.1 Å². The van der Waals surface area contributed by atoms with E-state index in [1.165, 1.54) is 17.7 Å². The average Bonchev–Trinajstić information content (AvgIpc) is 2.63. The topological polar surface area (TPSA) is 70.2 Å². The van der Waals surface area contributed by atoms with E-state index in [2.05, 4.69) is 16.0 Å². The Balaban J connectivity index is 1.26. The summed E-state index contributed by atoms with van der Waals surface area (Å²) in [5.41, 5.74) is 0.969. The third-order valence-corrected chi connectivity index (χ3v) is 6.67. The van der Waals surface area contributed by atoms with E-state index in [-0.39, 0.29) is 35.4 Å². The number of hydrogen-bond donors (Lipinski definition) is 3. The lowest BCUT2D eigenvalue weighted by molar-refractivity contribution is -0.127. The largest absolute Gasteiger partial charge is 0.349 e. The number of halogens is 1. The van der Waals surface area contributed by atoms with Gasteiger partial charge in [-0.2, -0.15) is 0 Å². The third kappa shape index (κ3) is 3.94. The summed E-state index contributed by atoms with van der Waals surface area (Å²) in [7, 11) is 0. The molecule has 0 radical (unpaired) electrons. The standard InChI is InChI=1S/C21H28FN3O2/c22-16-6-2-14(3-7-16)15-4-8-17(9-5-15)23-20(27)24-18-10-11-19(26)25-21(18)12-1-13-21/h2-3,6-7,15,17-18H,1,4-5,8-13H2,(H,25,26)(H2,23,24,27). The Bertz CT molecular complexity index is 694. The van der Waals surface area contributed by atoms with Crippen LogP contribution in [0.2, 0.25) is 0 Å². The number of urea groups is 1. The molecule has 27 heavy (non-hydrogen) atoms. The Labute approximate surface area is 159 Å². The zero-order chi connectivity index (χ0) is 18.9. The summed E-state index contributed by atoms with van der Waals surface area (Å²) >= 11 is 0. The molecule has 5 nitrogen and oxygen atoms in total. The van der Waals surface area contributed by atoms with Crippen LogP contribution in [0.5, 0.6) is 0 Å². The average molecular weight is 373 g/mol. The first-order chi connectivity index (χ1) is 13.0. The van der Waals surface area contributed by atoms with Gasteiger partial charge in [-0.25, -0.2) is 9.18 Å². The second-order valence-corrected chi connectivity index (χ2v) is 8.37. The molecule has 1 spiro atoms. The maximum absolute atomic E-state index is 13.1. The van der Waals surface area contributed by atoms with E-state index in [9.17, 15) is 14.0 Å². The van der Waals surface area contributed by atoms with Gasteiger partial charge < -0.3 is 16.0 Å². The Kier molecular flexibility index (Phi) is 5.06. The van der Waals surface area contributed by atoms with Crippen molar-refractivity contribution in [1.82, 2.24) is 16.0 Å². The minimum absolute atomic E-state index is 0.0273. The first kappa shape index (κ1) is 18.3. The Morgan fingerprint density at radius 2 is 1.74 bits per heavy atom. The van der Waals surface area contributed by atoms with Crippen LogP contribution in [0.4, 0.5) is 9.18 Å². The van der Waals surface area contributed by atoms with Crippen LogP contribution >= 0.6 is 0 Å². The molecule has 1 heterocycles. The lowest BCUT2D eigenvalue weighted by Crippen LogP contribution is -2.69. The molecule has 3 amide bonds. The van der Waals surface area contributed by atoms with Gasteiger partial charge in [0.1, 0.15) is 5.82 Å². The second kappa shape index (κ2) is 7.49. The predicted molar refractivity (Wildman–Crippen MR) is 101 cm³/mol. The van der Waals surface area contributed by atoms with E-state index in [1.54, 1.807) is 0 Å². The Hall–Kier alpha value is -2.11. The first-order valence-corrected chi connectivity index (χ1v) is 10.2. The lowest BCUT2D eigenvalue weighted by atomic mass is 9.68. The number of benzene rings is 1. The molecule has 1 aromatic carbocycles. The minimum atomic E-state index is -0.215. The highest BCUT2D eigenvalue weighted by molar-refractivity contribution is 5.80. The molecule has 1 aliphatic heterocycles. The predicted octanol–water partition coefficient (Wildman–Crippen LogP) is 3.35. The fourth-order valence-corrected chi connectivity index (χ4v) is 4.91. The van der Waals surface area contributed by atoms with Gasteiger partial charge in [0, 0.05) is 12.5 Å². The fourth-order valence-electron chi connectivity index (χ4n) is 4.91. The monoisotopic (exact) mass is 373 g/mol. The van der Waals surface area contributed by atoms with Gasteiger partial charge in [0.2, 0.25) is 5.91 Å². The Morgan fingerprint density at radius 3 is 2.37 bits per heavy atom. The van der Waals surface area contributed by atoms with Crippen LogP contribution in [0.3, 0.4) is 0 Å². The molecule has 4 rings (SSSR count). The number of nitrogens with one attached hydrogen (secondary N) is 3. The minimum Gasteiger partial charge on any atom is -0.349 e. The number of carbonyl (C=O) groups excluding carboxylic acids is 2. The summed E-state index contributed by atoms with van der Waals surface area (Å²) < 4.78 is 13.1. The number of piperidine rings is 1. The van der Waals surface area contributed by atoms with Gasteiger partial charge in [-0.1, -0.05) is 12.1 Å². The molecule has 3 N–H and O–H groups in total. The van der Waals surface area contributed by atoms with Gasteiger partial charge in [0.05, 0.1) is 11.6 Å². The molecule has 0 bridgehead atoms. The molecular formula is C21H28FN3O2. The molecular weight excluding hydrogens is 345 g/mol. The molecule has 2 saturated carbocycles. The third-order valence-electron chi connectivity index (χ3n) is 6.67. The summed E-state index contributed by atoms with van der Waals surface area (Å²) in [6, 6.07) is 6.87. The smallest absolute Gasteiger partial charge is 0.315 e. The molecule has 6 heteroatoms. The summed E-state index contributed by atoms with van der Waals surface area (Å²) in [6.07, 6.45) is 8.07. The molecule has 1 aromatic rings. The molecule has 1 saturated heterocycles. The van der Waals surface area contributed by atoms with Gasteiger partial charge >= 0.3 is 6.03 Å². The van der Waals surface area contributed by atoms with Crippen LogP contribution < -0.4 is 16.0 Å². The maximum Gasteiger partial charge on any atom is 0.315 e. The van der Waals surface area contributed by atoms with E-state index in [4.69, 9.17) is 0 Å². The van der Waals surface area contributed by atoms with Crippen LogP contribution in [-0.2, 0) is 4.79 Å². The first-order valence-electron chi connectivity index (χ1n) is 10.2. The van der Waals surface area contributed by atoms with Crippen molar-refractivity contribution >= 4 is 11.9 Å². The van der Waals surface area contributed by atoms with Crippen LogP contribution in [-0.4, -0.2) is 29.6 Å². The molecule has 3 fully saturated rings. The molecule has 0 aromatic heterocycles. The van der Waals surface area contributed by atoms with Crippen molar-refractivity contribution in [3.05, 3.63) is 35.6 Å². The van der Waals surface area contributed by atoms with Gasteiger partial charge in [0.15, 0.2) is 0 Å². The van der Waals surface area contributed by atoms with Gasteiger partial charge in [-0.3, -0.25) is 4.79 Å². The van der Waals surface area contributed by atoms with E-state index < -0.39 is 0 Å². The molecule has 2 aliphatic carbocycles. The SMILES string of the molecule is O=C1CCC(NC(=O)NC2CCC(c3ccc(F)cc3)CC2)C2(CCC2)N1. The van der Waals surface area contributed by atoms with Crippen LogP contribution in [0.15, 0.2) is 24.3 Å². The highest BCUT2D eigenvalue weighted by Gasteiger charge is 2.48. The Morgan fingerprint density at radius 1 is 1.04 bits per heavy atom. The van der Waals surface area contributed by atoms with Crippen molar-refractivity contribution in [2.45, 2.75) is 81.3 Å². The molecule has 146 valence electrons. The molecule has 1 atom stereocenters. The fraction of sp³-hybridized carbons (Fsp3) is 0.619. The number of hydrogen-bond acceptors (Lipinski definition) is 2. The highest BCUT2D eigenvalue weighted by Crippen LogP contribution is 2.39. The van der Waals surface area contributed by atoms with Gasteiger partial charge in [0.25, 0.3) is 0 Å². The van der Waals surface area contributed by atoms with Crippen LogP contribution in [0, 0.1) is 5.82 Å². The summed E-state index contributed by atoms with van der Waals surface area (Å²) in [5, 5.41) is 9.35. The quantitative estimate of drug-likeness (QED) is 0.760. The van der Waals surface area contributed by atoms with Crippen LogP contribution in [0.25, 0.3) is 0 Å². The van der Waals surface area contributed by atoms with Gasteiger partial charge in [-0.05, 0) is 75.0 Å². The van der Waals surface area contributed by atoms with Gasteiger partial charge in [-0.15, -0.1) is 0 Å². The van der Waals surface area contributed by atoms with Crippen molar-refractivity contribution in [2.24, 2.45) is 0 Å². The molecule has 1 unspecified atom stereocenters. The lowest BCUT2D eigenvalue weighted by Gasteiger charge is -2.51. The van der Waals surface area contributed by atoms with E-state index >= 15 is 0 Å². The molecule has 3 aliphatic rings. The number of amides is 3. The number of carbonyl (C=O) groups is 2. The van der Waals surface area contributed by atoms with Crippen molar-refractivity contribution < 1.29 is 14.0 Å². The van der Waals surface area contributed by atoms with Crippen molar-refractivity contribution in [2.75, 3.05) is 0 Å². The summed E-state index contributed by atoms with van der Waals surface area (Å²) in [6.45, 7) is 0. The van der Waals surface area contributed by atoms with Crippen molar-refractivity contribution in [1.29, 1.82) is 0 Å². The highest BCUT2D eigenvalue weighted by atomic mass is 19.1. The van der Waals surface area contributed by atoms with Crippen molar-refractivity contribution in [3.63, 3.8) is 0 Å². The normalized spacial score (nSPS) is 29.5. The van der Waals surface area contributed by atoms with E-state index in [0.29, 0.717) is 12.3 Å². The zero-order valence-electron chi connectivity index (χ0n) is 15.6. The van der Waals surface area contributed by atoms with Crippen molar-refractivity contribution in [3.8, 4) is 0 Å². The summed E-state index contributed by atoms with van der Waals surface area (Å²) in [5.74, 6) is 0.347. The van der Waals surface area contributed by atoms with Crippen LogP contribution in [0.1, 0.15) is 69.3 Å². The summed E-state index contributed by atoms with van der Waals surface area (Å²) in [4.78, 5) is 24.2.